The number of benzene rings is 1. The molecule has 4 aromatic rings. The van der Waals surface area contributed by atoms with Gasteiger partial charge in [0.05, 0.1) is 9.92 Å². The lowest BCUT2D eigenvalue weighted by molar-refractivity contribution is -0.286. The molecule has 192 valence electrons. The number of rotatable bonds is 4. The van der Waals surface area contributed by atoms with Crippen molar-refractivity contribution in [2.24, 2.45) is 0 Å². The lowest BCUT2D eigenvalue weighted by Crippen LogP contribution is -2.39. The van der Waals surface area contributed by atoms with Gasteiger partial charge in [0.2, 0.25) is 10.0 Å². The van der Waals surface area contributed by atoms with Crippen molar-refractivity contribution in [1.29, 1.82) is 0 Å². The Morgan fingerprint density at radius 2 is 1.81 bits per heavy atom. The van der Waals surface area contributed by atoms with E-state index < -0.39 is 16.3 Å². The SMILES string of the molecule is Cc1ccc2nc(-c3ccncc3Cl)n(C3CCN(S(=O)(=O)c4ccc5c(c4)OC(F)(F)O5)CC3)c2n1. The number of ether oxygens (including phenoxy) is 2. The van der Waals surface area contributed by atoms with E-state index in [0.29, 0.717) is 40.4 Å². The van der Waals surface area contributed by atoms with Crippen LogP contribution < -0.4 is 9.47 Å². The van der Waals surface area contributed by atoms with E-state index >= 15 is 0 Å². The molecule has 9 nitrogen and oxygen atoms in total. The lowest BCUT2D eigenvalue weighted by atomic mass is 10.1. The topological polar surface area (TPSA) is 99.4 Å². The van der Waals surface area contributed by atoms with Crippen molar-refractivity contribution in [2.45, 2.75) is 37.0 Å². The van der Waals surface area contributed by atoms with Crippen LogP contribution in [0.3, 0.4) is 0 Å². The fourth-order valence-electron chi connectivity index (χ4n) is 4.74. The number of nitrogens with zero attached hydrogens (tertiary/aromatic N) is 5. The second-order valence-electron chi connectivity index (χ2n) is 8.87. The van der Waals surface area contributed by atoms with Crippen molar-refractivity contribution < 1.29 is 26.7 Å². The molecule has 2 aliphatic heterocycles. The van der Waals surface area contributed by atoms with Gasteiger partial charge in [-0.05, 0) is 50.1 Å². The van der Waals surface area contributed by atoms with E-state index in [1.807, 2.05) is 23.6 Å². The van der Waals surface area contributed by atoms with Crippen LogP contribution >= 0.6 is 11.6 Å². The third-order valence-corrected chi connectivity index (χ3v) is 8.68. The molecule has 0 spiro atoms. The van der Waals surface area contributed by atoms with Gasteiger partial charge in [-0.2, -0.15) is 4.31 Å². The predicted molar refractivity (Wildman–Crippen MR) is 130 cm³/mol. The van der Waals surface area contributed by atoms with Gasteiger partial charge in [0, 0.05) is 48.8 Å². The highest BCUT2D eigenvalue weighted by atomic mass is 35.5. The molecular weight excluding hydrogens is 528 g/mol. The van der Waals surface area contributed by atoms with E-state index in [4.69, 9.17) is 21.6 Å². The van der Waals surface area contributed by atoms with Crippen molar-refractivity contribution in [3.8, 4) is 22.9 Å². The Morgan fingerprint density at radius 3 is 2.57 bits per heavy atom. The Balaban J connectivity index is 1.30. The Bertz CT molecular complexity index is 1640. The van der Waals surface area contributed by atoms with Gasteiger partial charge in [-0.15, -0.1) is 8.78 Å². The van der Waals surface area contributed by atoms with Gasteiger partial charge in [0.1, 0.15) is 11.3 Å². The Morgan fingerprint density at radius 1 is 1.05 bits per heavy atom. The summed E-state index contributed by atoms with van der Waals surface area (Å²) in [5.74, 6) is 0.115. The number of aromatic nitrogens is 4. The molecule has 0 bridgehead atoms. The van der Waals surface area contributed by atoms with Crippen molar-refractivity contribution in [2.75, 3.05) is 13.1 Å². The maximum absolute atomic E-state index is 13.4. The van der Waals surface area contributed by atoms with Crippen LogP contribution in [0.15, 0.2) is 53.7 Å². The van der Waals surface area contributed by atoms with Crippen LogP contribution in [-0.4, -0.2) is 51.6 Å². The van der Waals surface area contributed by atoms with Gasteiger partial charge < -0.3 is 14.0 Å². The summed E-state index contributed by atoms with van der Waals surface area (Å²) in [4.78, 5) is 13.4. The molecule has 3 aromatic heterocycles. The zero-order valence-electron chi connectivity index (χ0n) is 19.4. The maximum Gasteiger partial charge on any atom is 0.586 e. The Labute approximate surface area is 215 Å². The molecule has 0 N–H and O–H groups in total. The van der Waals surface area contributed by atoms with E-state index in [-0.39, 0.29) is 35.5 Å². The molecule has 1 aromatic carbocycles. The summed E-state index contributed by atoms with van der Waals surface area (Å²) in [5.41, 5.74) is 2.94. The van der Waals surface area contributed by atoms with Crippen LogP contribution in [0, 0.1) is 6.92 Å². The molecule has 37 heavy (non-hydrogen) atoms. The second-order valence-corrected chi connectivity index (χ2v) is 11.2. The highest BCUT2D eigenvalue weighted by Crippen LogP contribution is 2.43. The van der Waals surface area contributed by atoms with Gasteiger partial charge in [0.25, 0.3) is 0 Å². The average Bonchev–Trinajstić information content (AvgIpc) is 3.39. The van der Waals surface area contributed by atoms with Crippen molar-refractivity contribution in [3.63, 3.8) is 0 Å². The number of aryl methyl sites for hydroxylation is 1. The largest absolute Gasteiger partial charge is 0.586 e. The minimum absolute atomic E-state index is 0.0968. The number of piperidine rings is 1. The smallest absolute Gasteiger partial charge is 0.395 e. The Hall–Kier alpha value is -3.35. The molecule has 6 rings (SSSR count). The van der Waals surface area contributed by atoms with Crippen LogP contribution in [-0.2, 0) is 10.0 Å². The summed E-state index contributed by atoms with van der Waals surface area (Å²) >= 11 is 6.45. The van der Waals surface area contributed by atoms with Crippen molar-refractivity contribution in [3.05, 3.63) is 59.5 Å². The molecule has 0 radical (unpaired) electrons. The van der Waals surface area contributed by atoms with Crippen LogP contribution in [0.5, 0.6) is 11.5 Å². The summed E-state index contributed by atoms with van der Waals surface area (Å²) in [6, 6.07) is 8.95. The zero-order chi connectivity index (χ0) is 25.9. The van der Waals surface area contributed by atoms with Crippen LogP contribution in [0.4, 0.5) is 8.78 Å². The molecular formula is C24H20ClF2N5O4S. The first-order valence-electron chi connectivity index (χ1n) is 11.5. The Kier molecular flexibility index (Phi) is 5.58. The normalized spacial score (nSPS) is 17.9. The first-order chi connectivity index (χ1) is 17.6. The second kappa shape index (κ2) is 8.61. The standard InChI is InChI=1S/C24H20ClF2N5O4S/c1-14-2-4-19-23(29-14)32(22(30-19)17-6-9-28-13-18(17)25)15-7-10-31(11-8-15)37(33,34)16-3-5-20-21(12-16)36-24(26,27)35-20/h2-6,9,12-13,15H,7-8,10-11H2,1H3. The highest BCUT2D eigenvalue weighted by Gasteiger charge is 2.44. The maximum atomic E-state index is 13.4. The van der Waals surface area contributed by atoms with Crippen LogP contribution in [0.1, 0.15) is 24.6 Å². The number of hydrogen-bond donors (Lipinski definition) is 0. The molecule has 0 amide bonds. The van der Waals surface area contributed by atoms with Crippen molar-refractivity contribution >= 4 is 32.8 Å². The van der Waals surface area contributed by atoms with Crippen LogP contribution in [0.25, 0.3) is 22.6 Å². The summed E-state index contributed by atoms with van der Waals surface area (Å²) in [6.07, 6.45) is 0.339. The lowest BCUT2D eigenvalue weighted by Gasteiger charge is -2.32. The number of pyridine rings is 2. The van der Waals surface area contributed by atoms with E-state index in [1.54, 1.807) is 18.5 Å². The van der Waals surface area contributed by atoms with E-state index in [0.717, 1.165) is 11.8 Å². The summed E-state index contributed by atoms with van der Waals surface area (Å²) in [7, 11) is -3.95. The highest BCUT2D eigenvalue weighted by molar-refractivity contribution is 7.89. The molecule has 0 saturated carbocycles. The van der Waals surface area contributed by atoms with Crippen molar-refractivity contribution in [1.82, 2.24) is 23.8 Å². The molecule has 5 heterocycles. The van der Waals surface area contributed by atoms with Crippen LogP contribution in [0.2, 0.25) is 5.02 Å². The van der Waals surface area contributed by atoms with E-state index in [9.17, 15) is 17.2 Å². The third kappa shape index (κ3) is 4.18. The van der Waals surface area contributed by atoms with E-state index in [1.165, 1.54) is 16.4 Å². The summed E-state index contributed by atoms with van der Waals surface area (Å²) in [6.45, 7) is 2.32. The van der Waals surface area contributed by atoms with Gasteiger partial charge in [0.15, 0.2) is 17.1 Å². The zero-order valence-corrected chi connectivity index (χ0v) is 21.0. The van der Waals surface area contributed by atoms with Gasteiger partial charge >= 0.3 is 6.29 Å². The predicted octanol–water partition coefficient (Wildman–Crippen LogP) is 4.80. The minimum Gasteiger partial charge on any atom is -0.395 e. The number of halogens is 3. The number of hydrogen-bond acceptors (Lipinski definition) is 7. The molecule has 0 unspecified atom stereocenters. The first kappa shape index (κ1) is 24.0. The van der Waals surface area contributed by atoms with Gasteiger partial charge in [-0.3, -0.25) is 4.98 Å². The monoisotopic (exact) mass is 547 g/mol. The fraction of sp³-hybridized carbons (Fsp3) is 0.292. The number of fused-ring (bicyclic) bond motifs is 2. The molecule has 0 atom stereocenters. The number of imidazole rings is 1. The van der Waals surface area contributed by atoms with Gasteiger partial charge in [-0.25, -0.2) is 18.4 Å². The molecule has 0 aliphatic carbocycles. The first-order valence-corrected chi connectivity index (χ1v) is 13.3. The quantitative estimate of drug-likeness (QED) is 0.362. The number of alkyl halides is 2. The summed E-state index contributed by atoms with van der Waals surface area (Å²) in [5, 5.41) is 0.448. The average molecular weight is 548 g/mol. The molecule has 13 heteroatoms. The fourth-order valence-corrected chi connectivity index (χ4v) is 6.43. The molecule has 1 fully saturated rings. The van der Waals surface area contributed by atoms with Gasteiger partial charge in [-0.1, -0.05) is 11.6 Å². The minimum atomic E-state index is -3.95. The summed E-state index contributed by atoms with van der Waals surface area (Å²) < 4.78 is 65.6. The third-order valence-electron chi connectivity index (χ3n) is 6.49. The van der Waals surface area contributed by atoms with E-state index in [2.05, 4.69) is 14.5 Å². The number of sulfonamides is 1. The molecule has 1 saturated heterocycles. The molecule has 2 aliphatic rings.